The summed E-state index contributed by atoms with van der Waals surface area (Å²) in [5.41, 5.74) is 5.85. The number of hydrogen-bond acceptors (Lipinski definition) is 2. The minimum Gasteiger partial charge on any atom is -0.327 e. The minimum absolute atomic E-state index is 0.208. The van der Waals surface area contributed by atoms with Crippen molar-refractivity contribution in [3.63, 3.8) is 0 Å². The lowest BCUT2D eigenvalue weighted by Gasteiger charge is -2.34. The molecule has 0 spiro atoms. The molecule has 2 unspecified atom stereocenters. The first-order valence-corrected chi connectivity index (χ1v) is 4.76. The summed E-state index contributed by atoms with van der Waals surface area (Å²) in [5.74, 6) is 0.674. The van der Waals surface area contributed by atoms with Crippen LogP contribution in [0.4, 0.5) is 4.39 Å². The van der Waals surface area contributed by atoms with Crippen molar-refractivity contribution < 1.29 is 4.39 Å². The van der Waals surface area contributed by atoms with E-state index in [1.807, 2.05) is 0 Å². The van der Waals surface area contributed by atoms with Gasteiger partial charge in [-0.25, -0.2) is 0 Å². The number of rotatable bonds is 3. The first-order chi connectivity index (χ1) is 5.72. The van der Waals surface area contributed by atoms with E-state index in [0.29, 0.717) is 18.4 Å². The molecule has 1 saturated heterocycles. The lowest BCUT2D eigenvalue weighted by Crippen LogP contribution is -2.46. The van der Waals surface area contributed by atoms with Crippen LogP contribution in [0.3, 0.4) is 0 Å². The number of hydrogen-bond donors (Lipinski definition) is 1. The molecule has 1 aliphatic rings. The Morgan fingerprint density at radius 2 is 2.25 bits per heavy atom. The Balaban J connectivity index is 2.24. The maximum Gasteiger partial charge on any atom is 0.0906 e. The van der Waals surface area contributed by atoms with E-state index in [4.69, 9.17) is 5.73 Å². The molecule has 0 aromatic carbocycles. The first kappa shape index (κ1) is 9.93. The second kappa shape index (κ2) is 4.77. The van der Waals surface area contributed by atoms with Gasteiger partial charge in [-0.3, -0.25) is 4.39 Å². The Kier molecular flexibility index (Phi) is 3.95. The van der Waals surface area contributed by atoms with Crippen molar-refractivity contribution in [1.82, 2.24) is 4.90 Å². The van der Waals surface area contributed by atoms with Crippen molar-refractivity contribution in [2.45, 2.75) is 25.8 Å². The second-order valence-electron chi connectivity index (χ2n) is 3.90. The van der Waals surface area contributed by atoms with Gasteiger partial charge in [-0.05, 0) is 18.8 Å². The maximum absolute atomic E-state index is 11.9. The quantitative estimate of drug-likeness (QED) is 0.692. The van der Waals surface area contributed by atoms with Gasteiger partial charge in [0.1, 0.15) is 0 Å². The normalized spacial score (nSPS) is 32.2. The van der Waals surface area contributed by atoms with E-state index >= 15 is 0 Å². The summed E-state index contributed by atoms with van der Waals surface area (Å²) in [7, 11) is 0. The van der Waals surface area contributed by atoms with E-state index in [0.717, 1.165) is 26.1 Å². The fourth-order valence-corrected chi connectivity index (χ4v) is 1.98. The summed E-state index contributed by atoms with van der Waals surface area (Å²) in [6.07, 6.45) is 1.77. The number of alkyl halides is 1. The molecule has 12 heavy (non-hydrogen) atoms. The van der Waals surface area contributed by atoms with Crippen LogP contribution in [0.5, 0.6) is 0 Å². The molecule has 0 radical (unpaired) electrons. The number of piperidine rings is 1. The molecule has 1 fully saturated rings. The Morgan fingerprint density at radius 3 is 2.83 bits per heavy atom. The number of likely N-dealkylation sites (tertiary alicyclic amines) is 1. The summed E-state index contributed by atoms with van der Waals surface area (Å²) in [6, 6.07) is 0.299. The highest BCUT2D eigenvalue weighted by molar-refractivity contribution is 4.78. The van der Waals surface area contributed by atoms with Gasteiger partial charge in [0, 0.05) is 25.7 Å². The molecule has 2 atom stereocenters. The van der Waals surface area contributed by atoms with Gasteiger partial charge in [0.2, 0.25) is 0 Å². The van der Waals surface area contributed by atoms with Crippen molar-refractivity contribution >= 4 is 0 Å². The number of nitrogens with two attached hydrogens (primary N) is 1. The van der Waals surface area contributed by atoms with E-state index in [-0.39, 0.29) is 6.67 Å². The maximum atomic E-state index is 11.9. The van der Waals surface area contributed by atoms with Gasteiger partial charge in [0.25, 0.3) is 0 Å². The molecular formula is C9H19FN2. The van der Waals surface area contributed by atoms with Gasteiger partial charge >= 0.3 is 0 Å². The van der Waals surface area contributed by atoms with Gasteiger partial charge in [-0.2, -0.15) is 0 Å². The van der Waals surface area contributed by atoms with Crippen LogP contribution in [0.15, 0.2) is 0 Å². The van der Waals surface area contributed by atoms with E-state index in [1.165, 1.54) is 0 Å². The molecule has 0 amide bonds. The van der Waals surface area contributed by atoms with Crippen LogP contribution in [0.2, 0.25) is 0 Å². The Hall–Kier alpha value is -0.150. The Bertz CT molecular complexity index is 120. The predicted octanol–water partition coefficient (Wildman–Crippen LogP) is 1.02. The van der Waals surface area contributed by atoms with Crippen LogP contribution in [-0.2, 0) is 0 Å². The van der Waals surface area contributed by atoms with Crippen LogP contribution < -0.4 is 5.73 Å². The number of halogens is 1. The third-order valence-electron chi connectivity index (χ3n) is 2.38. The van der Waals surface area contributed by atoms with E-state index in [1.54, 1.807) is 0 Å². The summed E-state index contributed by atoms with van der Waals surface area (Å²) in [5, 5.41) is 0. The van der Waals surface area contributed by atoms with E-state index < -0.39 is 0 Å². The highest BCUT2D eigenvalue weighted by Gasteiger charge is 2.21. The number of nitrogens with zero attached hydrogens (tertiary/aromatic N) is 1. The third-order valence-corrected chi connectivity index (χ3v) is 2.38. The summed E-state index contributed by atoms with van der Waals surface area (Å²) >= 11 is 0. The van der Waals surface area contributed by atoms with Gasteiger partial charge < -0.3 is 10.6 Å². The molecule has 2 nitrogen and oxygen atoms in total. The molecule has 72 valence electrons. The zero-order valence-corrected chi connectivity index (χ0v) is 7.80. The average molecular weight is 174 g/mol. The molecule has 0 aliphatic carbocycles. The van der Waals surface area contributed by atoms with Crippen molar-refractivity contribution in [3.05, 3.63) is 0 Å². The molecule has 1 heterocycles. The molecular weight excluding hydrogens is 155 g/mol. The fraction of sp³-hybridized carbons (Fsp3) is 1.00. The zero-order chi connectivity index (χ0) is 8.97. The van der Waals surface area contributed by atoms with Crippen LogP contribution in [0.1, 0.15) is 19.8 Å². The molecule has 0 aromatic heterocycles. The van der Waals surface area contributed by atoms with E-state index in [9.17, 15) is 4.39 Å². The van der Waals surface area contributed by atoms with Crippen LogP contribution in [-0.4, -0.2) is 37.3 Å². The smallest absolute Gasteiger partial charge is 0.0906 e. The van der Waals surface area contributed by atoms with Crippen molar-refractivity contribution in [1.29, 1.82) is 0 Å². The third kappa shape index (κ3) is 3.07. The molecule has 0 aromatic rings. The summed E-state index contributed by atoms with van der Waals surface area (Å²) < 4.78 is 11.9. The monoisotopic (exact) mass is 174 g/mol. The lowest BCUT2D eigenvalue weighted by molar-refractivity contribution is 0.160. The molecule has 3 heteroatoms. The van der Waals surface area contributed by atoms with Gasteiger partial charge in [-0.15, -0.1) is 0 Å². The highest BCUT2D eigenvalue weighted by Crippen LogP contribution is 2.14. The first-order valence-electron chi connectivity index (χ1n) is 4.76. The summed E-state index contributed by atoms with van der Waals surface area (Å²) in [4.78, 5) is 2.28. The minimum atomic E-state index is -0.208. The van der Waals surface area contributed by atoms with Crippen molar-refractivity contribution in [2.24, 2.45) is 11.7 Å². The fourth-order valence-electron chi connectivity index (χ4n) is 1.98. The standard InChI is InChI=1S/C9H19FN2/c1-8-5-9(11)7-12(6-8)4-2-3-10/h8-9H,2-7,11H2,1H3. The van der Waals surface area contributed by atoms with Gasteiger partial charge in [0.05, 0.1) is 6.67 Å². The predicted molar refractivity (Wildman–Crippen MR) is 48.8 cm³/mol. The lowest BCUT2D eigenvalue weighted by atomic mass is 9.96. The summed E-state index contributed by atoms with van der Waals surface area (Å²) in [6.45, 7) is 4.91. The average Bonchev–Trinajstić information content (AvgIpc) is 1.99. The van der Waals surface area contributed by atoms with Crippen LogP contribution in [0, 0.1) is 5.92 Å². The van der Waals surface area contributed by atoms with Crippen LogP contribution >= 0.6 is 0 Å². The van der Waals surface area contributed by atoms with E-state index in [2.05, 4.69) is 11.8 Å². The SMILES string of the molecule is CC1CC(N)CN(CCCF)C1. The van der Waals surface area contributed by atoms with Crippen molar-refractivity contribution in [2.75, 3.05) is 26.3 Å². The molecule has 1 aliphatic heterocycles. The molecule has 1 rings (SSSR count). The van der Waals surface area contributed by atoms with Crippen LogP contribution in [0.25, 0.3) is 0 Å². The largest absolute Gasteiger partial charge is 0.327 e. The molecule has 2 N–H and O–H groups in total. The van der Waals surface area contributed by atoms with Gasteiger partial charge in [0.15, 0.2) is 0 Å². The van der Waals surface area contributed by atoms with Crippen molar-refractivity contribution in [3.8, 4) is 0 Å². The Morgan fingerprint density at radius 1 is 1.50 bits per heavy atom. The Labute approximate surface area is 73.9 Å². The van der Waals surface area contributed by atoms with Gasteiger partial charge in [-0.1, -0.05) is 6.92 Å². The topological polar surface area (TPSA) is 29.3 Å². The second-order valence-corrected chi connectivity index (χ2v) is 3.90. The molecule has 0 bridgehead atoms. The zero-order valence-electron chi connectivity index (χ0n) is 7.80. The highest BCUT2D eigenvalue weighted by atomic mass is 19.1. The molecule has 0 saturated carbocycles.